The summed E-state index contributed by atoms with van der Waals surface area (Å²) in [6.07, 6.45) is 13.6. The van der Waals surface area contributed by atoms with E-state index in [9.17, 15) is 0 Å². The lowest BCUT2D eigenvalue weighted by Gasteiger charge is -2.04. The zero-order chi connectivity index (χ0) is 14.2. The van der Waals surface area contributed by atoms with Crippen LogP contribution in [-0.4, -0.2) is 0 Å². The second-order valence-corrected chi connectivity index (χ2v) is 7.79. The summed E-state index contributed by atoms with van der Waals surface area (Å²) < 4.78 is 3.13. The van der Waals surface area contributed by atoms with Gasteiger partial charge in [0, 0.05) is 14.3 Å². The van der Waals surface area contributed by atoms with Crippen LogP contribution >= 0.6 is 22.7 Å². The van der Waals surface area contributed by atoms with Crippen LogP contribution in [0.25, 0.3) is 9.40 Å². The molecule has 0 aromatic carbocycles. The summed E-state index contributed by atoms with van der Waals surface area (Å²) in [6, 6.07) is 2.32. The summed E-state index contributed by atoms with van der Waals surface area (Å²) in [4.78, 5) is 1.69. The molecule has 2 aromatic heterocycles. The Labute approximate surface area is 132 Å². The first kappa shape index (κ1) is 16.0. The van der Waals surface area contributed by atoms with Crippen molar-refractivity contribution < 1.29 is 0 Å². The SMILES string of the molecule is CCCCCCc1sc2ccsc2c1CCCCCC. The molecule has 20 heavy (non-hydrogen) atoms. The van der Waals surface area contributed by atoms with E-state index in [1.54, 1.807) is 15.1 Å². The molecule has 0 amide bonds. The molecule has 0 N–H and O–H groups in total. The molecular weight excluding hydrogens is 280 g/mol. The third kappa shape index (κ3) is 4.33. The van der Waals surface area contributed by atoms with Crippen LogP contribution in [0, 0.1) is 0 Å². The Hall–Kier alpha value is -0.340. The summed E-state index contributed by atoms with van der Waals surface area (Å²) in [7, 11) is 0. The highest BCUT2D eigenvalue weighted by Gasteiger charge is 2.12. The standard InChI is InChI=1S/C18H28S2/c1-3-5-7-9-11-15-16(12-10-8-6-4-2)20-17-13-14-19-18(15)17/h13-14H,3-12H2,1-2H3. The molecule has 0 saturated heterocycles. The van der Waals surface area contributed by atoms with Gasteiger partial charge in [0.25, 0.3) is 0 Å². The van der Waals surface area contributed by atoms with Gasteiger partial charge in [0.1, 0.15) is 0 Å². The van der Waals surface area contributed by atoms with Crippen LogP contribution in [0.1, 0.15) is 75.7 Å². The maximum atomic E-state index is 2.32. The number of hydrogen-bond donors (Lipinski definition) is 0. The average Bonchev–Trinajstić information content (AvgIpc) is 3.02. The minimum atomic E-state index is 1.31. The van der Waals surface area contributed by atoms with E-state index in [4.69, 9.17) is 0 Å². The van der Waals surface area contributed by atoms with Crippen LogP contribution in [0.3, 0.4) is 0 Å². The molecule has 0 spiro atoms. The maximum absolute atomic E-state index is 2.32. The van der Waals surface area contributed by atoms with Crippen LogP contribution in [0.2, 0.25) is 0 Å². The lowest BCUT2D eigenvalue weighted by molar-refractivity contribution is 0.656. The second-order valence-electron chi connectivity index (χ2n) is 5.74. The quantitative estimate of drug-likeness (QED) is 0.407. The molecule has 2 heterocycles. The van der Waals surface area contributed by atoms with Gasteiger partial charge >= 0.3 is 0 Å². The molecule has 0 nitrogen and oxygen atoms in total. The first-order valence-electron chi connectivity index (χ1n) is 8.34. The molecule has 0 atom stereocenters. The molecule has 112 valence electrons. The fourth-order valence-electron chi connectivity index (χ4n) is 2.81. The molecule has 0 saturated carbocycles. The smallest absolute Gasteiger partial charge is 0.0485 e. The molecule has 0 bridgehead atoms. The summed E-state index contributed by atoms with van der Waals surface area (Å²) in [5.74, 6) is 0. The van der Waals surface area contributed by atoms with Gasteiger partial charge in [-0.3, -0.25) is 0 Å². The van der Waals surface area contributed by atoms with Crippen molar-refractivity contribution in [2.75, 3.05) is 0 Å². The maximum Gasteiger partial charge on any atom is 0.0485 e. The van der Waals surface area contributed by atoms with Crippen molar-refractivity contribution in [1.82, 2.24) is 0 Å². The molecule has 2 aromatic rings. The topological polar surface area (TPSA) is 0 Å². The van der Waals surface area contributed by atoms with Gasteiger partial charge in [-0.2, -0.15) is 0 Å². The van der Waals surface area contributed by atoms with E-state index in [0.717, 1.165) is 0 Å². The first-order chi connectivity index (χ1) is 9.86. The minimum Gasteiger partial charge on any atom is -0.143 e. The van der Waals surface area contributed by atoms with Gasteiger partial charge in [-0.1, -0.05) is 52.4 Å². The van der Waals surface area contributed by atoms with E-state index in [1.165, 1.54) is 68.9 Å². The van der Waals surface area contributed by atoms with Gasteiger partial charge in [0.05, 0.1) is 0 Å². The Balaban J connectivity index is 1.98. The zero-order valence-corrected chi connectivity index (χ0v) is 14.7. The Bertz CT molecular complexity index is 492. The van der Waals surface area contributed by atoms with Crippen LogP contribution in [0.15, 0.2) is 11.4 Å². The number of fused-ring (bicyclic) bond motifs is 1. The minimum absolute atomic E-state index is 1.31. The van der Waals surface area contributed by atoms with Gasteiger partial charge in [0.15, 0.2) is 0 Å². The third-order valence-corrected chi connectivity index (χ3v) is 6.37. The molecule has 0 aliphatic rings. The molecule has 0 fully saturated rings. The summed E-state index contributed by atoms with van der Waals surface area (Å²) >= 11 is 4.02. The number of unbranched alkanes of at least 4 members (excludes halogenated alkanes) is 6. The predicted molar refractivity (Wildman–Crippen MR) is 95.4 cm³/mol. The van der Waals surface area contributed by atoms with Gasteiger partial charge < -0.3 is 0 Å². The normalized spacial score (nSPS) is 11.5. The van der Waals surface area contributed by atoms with E-state index in [2.05, 4.69) is 36.6 Å². The Morgan fingerprint density at radius 1 is 0.850 bits per heavy atom. The number of thiophene rings is 2. The molecule has 0 aliphatic carbocycles. The third-order valence-electron chi connectivity index (χ3n) is 4.01. The van der Waals surface area contributed by atoms with Crippen molar-refractivity contribution in [3.8, 4) is 0 Å². The van der Waals surface area contributed by atoms with Gasteiger partial charge in [-0.05, 0) is 42.7 Å². The summed E-state index contributed by atoms with van der Waals surface area (Å²) in [5.41, 5.74) is 1.70. The van der Waals surface area contributed by atoms with E-state index in [0.29, 0.717) is 0 Å². The number of hydrogen-bond acceptors (Lipinski definition) is 2. The van der Waals surface area contributed by atoms with E-state index >= 15 is 0 Å². The van der Waals surface area contributed by atoms with Gasteiger partial charge in [0.2, 0.25) is 0 Å². The van der Waals surface area contributed by atoms with Crippen LogP contribution in [-0.2, 0) is 12.8 Å². The number of rotatable bonds is 10. The monoisotopic (exact) mass is 308 g/mol. The summed E-state index contributed by atoms with van der Waals surface area (Å²) in [5, 5.41) is 2.26. The largest absolute Gasteiger partial charge is 0.143 e. The van der Waals surface area contributed by atoms with E-state index in [1.807, 2.05) is 11.3 Å². The lowest BCUT2D eigenvalue weighted by Crippen LogP contribution is -1.91. The fourth-order valence-corrected chi connectivity index (χ4v) is 5.32. The lowest BCUT2D eigenvalue weighted by atomic mass is 10.0. The van der Waals surface area contributed by atoms with Crippen LogP contribution in [0.5, 0.6) is 0 Å². The van der Waals surface area contributed by atoms with Gasteiger partial charge in [-0.25, -0.2) is 0 Å². The van der Waals surface area contributed by atoms with Gasteiger partial charge in [-0.15, -0.1) is 22.7 Å². The highest BCUT2D eigenvalue weighted by molar-refractivity contribution is 7.27. The fraction of sp³-hybridized carbons (Fsp3) is 0.667. The molecule has 0 aliphatic heterocycles. The Morgan fingerprint density at radius 3 is 2.25 bits per heavy atom. The van der Waals surface area contributed by atoms with Crippen molar-refractivity contribution >= 4 is 32.1 Å². The predicted octanol–water partition coefficient (Wildman–Crippen LogP) is 7.21. The molecule has 0 radical (unpaired) electrons. The molecule has 2 heteroatoms. The summed E-state index contributed by atoms with van der Waals surface area (Å²) in [6.45, 7) is 4.58. The first-order valence-corrected chi connectivity index (χ1v) is 10.0. The van der Waals surface area contributed by atoms with E-state index in [-0.39, 0.29) is 0 Å². The average molecular weight is 309 g/mol. The van der Waals surface area contributed by atoms with Crippen molar-refractivity contribution in [2.24, 2.45) is 0 Å². The Morgan fingerprint density at radius 2 is 1.55 bits per heavy atom. The molecular formula is C18H28S2. The zero-order valence-electron chi connectivity index (χ0n) is 13.0. The van der Waals surface area contributed by atoms with E-state index < -0.39 is 0 Å². The second kappa shape index (κ2) is 8.84. The van der Waals surface area contributed by atoms with Crippen LogP contribution < -0.4 is 0 Å². The number of aryl methyl sites for hydroxylation is 2. The Kier molecular flexibility index (Phi) is 7.09. The van der Waals surface area contributed by atoms with Crippen molar-refractivity contribution in [1.29, 1.82) is 0 Å². The van der Waals surface area contributed by atoms with Crippen LogP contribution in [0.4, 0.5) is 0 Å². The molecule has 0 unspecified atom stereocenters. The van der Waals surface area contributed by atoms with Crippen molar-refractivity contribution in [3.05, 3.63) is 21.9 Å². The molecule has 2 rings (SSSR count). The van der Waals surface area contributed by atoms with Crippen molar-refractivity contribution in [3.63, 3.8) is 0 Å². The highest BCUT2D eigenvalue weighted by Crippen LogP contribution is 2.37. The van der Waals surface area contributed by atoms with Crippen molar-refractivity contribution in [2.45, 2.75) is 78.1 Å². The highest BCUT2D eigenvalue weighted by atomic mass is 32.1.